The van der Waals surface area contributed by atoms with Crippen molar-refractivity contribution in [2.75, 3.05) is 0 Å². The molecule has 2 aliphatic rings. The number of nitro benzene ring substituents is 1. The highest BCUT2D eigenvalue weighted by Gasteiger charge is 2.41. The van der Waals surface area contributed by atoms with Gasteiger partial charge in [-0.1, -0.05) is 65.7 Å². The van der Waals surface area contributed by atoms with Gasteiger partial charge in [0.15, 0.2) is 0 Å². The number of hydrazone groups is 1. The second-order valence-corrected chi connectivity index (χ2v) is 7.90. The quantitative estimate of drug-likeness (QED) is 0.397. The van der Waals surface area contributed by atoms with Crippen molar-refractivity contribution in [3.63, 3.8) is 0 Å². The van der Waals surface area contributed by atoms with Gasteiger partial charge in [0, 0.05) is 23.6 Å². The van der Waals surface area contributed by atoms with Gasteiger partial charge in [-0.3, -0.25) is 10.1 Å². The number of nitrogens with zero attached hydrogens (tertiary/aromatic N) is 3. The van der Waals surface area contributed by atoms with E-state index in [-0.39, 0.29) is 16.8 Å². The van der Waals surface area contributed by atoms with Gasteiger partial charge in [-0.25, -0.2) is 5.01 Å². The van der Waals surface area contributed by atoms with E-state index >= 15 is 0 Å². The third-order valence-electron chi connectivity index (χ3n) is 5.54. The topological polar surface area (TPSA) is 68.0 Å². The van der Waals surface area contributed by atoms with Crippen LogP contribution in [0.3, 0.4) is 0 Å². The van der Waals surface area contributed by atoms with Gasteiger partial charge in [0.2, 0.25) is 6.23 Å². The van der Waals surface area contributed by atoms with Crippen LogP contribution in [0.4, 0.5) is 5.69 Å². The molecule has 7 heteroatoms. The fourth-order valence-corrected chi connectivity index (χ4v) is 4.18. The van der Waals surface area contributed by atoms with Gasteiger partial charge in [0.1, 0.15) is 10.8 Å². The zero-order valence-electron chi connectivity index (χ0n) is 16.2. The van der Waals surface area contributed by atoms with Crippen LogP contribution in [0.5, 0.6) is 5.75 Å². The summed E-state index contributed by atoms with van der Waals surface area (Å²) in [4.78, 5) is 10.9. The Morgan fingerprint density at radius 1 is 1.13 bits per heavy atom. The summed E-state index contributed by atoms with van der Waals surface area (Å²) in [6.07, 6.45) is 0.152. The van der Waals surface area contributed by atoms with Crippen molar-refractivity contribution >= 4 is 23.0 Å². The summed E-state index contributed by atoms with van der Waals surface area (Å²) in [5.74, 6) is 0.765. The lowest BCUT2D eigenvalue weighted by atomic mass is 9.95. The fraction of sp³-hybridized carbons (Fsp3) is 0.174. The van der Waals surface area contributed by atoms with E-state index in [9.17, 15) is 10.1 Å². The zero-order valence-corrected chi connectivity index (χ0v) is 16.9. The van der Waals surface area contributed by atoms with E-state index in [2.05, 4.69) is 31.2 Å². The third-order valence-corrected chi connectivity index (χ3v) is 5.86. The minimum Gasteiger partial charge on any atom is -0.464 e. The van der Waals surface area contributed by atoms with E-state index in [4.69, 9.17) is 21.4 Å². The molecule has 6 nitrogen and oxygen atoms in total. The Kier molecular flexibility index (Phi) is 4.44. The Balaban J connectivity index is 1.60. The molecule has 3 aromatic rings. The summed E-state index contributed by atoms with van der Waals surface area (Å²) < 4.78 is 6.26. The predicted octanol–water partition coefficient (Wildman–Crippen LogP) is 5.80. The van der Waals surface area contributed by atoms with Crippen molar-refractivity contribution in [3.8, 4) is 5.75 Å². The van der Waals surface area contributed by atoms with Crippen LogP contribution in [0.1, 0.15) is 40.9 Å². The molecule has 0 unspecified atom stereocenters. The number of benzene rings is 3. The molecule has 0 amide bonds. The maximum Gasteiger partial charge on any atom is 0.288 e. The van der Waals surface area contributed by atoms with Crippen molar-refractivity contribution in [1.82, 2.24) is 5.01 Å². The molecule has 0 saturated carbocycles. The van der Waals surface area contributed by atoms with Gasteiger partial charge in [0.25, 0.3) is 5.69 Å². The van der Waals surface area contributed by atoms with Gasteiger partial charge >= 0.3 is 0 Å². The van der Waals surface area contributed by atoms with Gasteiger partial charge < -0.3 is 4.74 Å². The van der Waals surface area contributed by atoms with E-state index in [0.29, 0.717) is 5.56 Å². The second-order valence-electron chi connectivity index (χ2n) is 7.49. The molecular weight excluding hydrogens is 402 g/mol. The Morgan fingerprint density at radius 2 is 1.90 bits per heavy atom. The minimum atomic E-state index is -0.580. The van der Waals surface area contributed by atoms with Gasteiger partial charge in [-0.15, -0.1) is 0 Å². The molecule has 0 N–H and O–H groups in total. The van der Waals surface area contributed by atoms with Gasteiger partial charge in [-0.2, -0.15) is 5.10 Å². The zero-order chi connectivity index (χ0) is 20.8. The molecular formula is C23H18ClN3O3. The first-order valence-corrected chi connectivity index (χ1v) is 10.0. The van der Waals surface area contributed by atoms with E-state index in [0.717, 1.165) is 29.0 Å². The Hall–Kier alpha value is -3.38. The molecule has 150 valence electrons. The molecule has 30 heavy (non-hydrogen) atoms. The molecule has 0 bridgehead atoms. The Bertz CT molecular complexity index is 1180. The monoisotopic (exact) mass is 419 g/mol. The highest BCUT2D eigenvalue weighted by atomic mass is 35.5. The second kappa shape index (κ2) is 7.15. The van der Waals surface area contributed by atoms with Crippen molar-refractivity contribution in [2.45, 2.75) is 25.6 Å². The number of rotatable bonds is 3. The van der Waals surface area contributed by atoms with E-state index < -0.39 is 11.2 Å². The van der Waals surface area contributed by atoms with Crippen molar-refractivity contribution in [2.24, 2.45) is 5.10 Å². The number of hydrogen-bond acceptors (Lipinski definition) is 5. The molecule has 5 rings (SSSR count). The SMILES string of the molecule is Cc1ccc(C2=NN3[C@H](C2)c2ccccc2O[C@@H]3c2ccc(Cl)c([N+](=O)[O-])c2)cc1. The summed E-state index contributed by atoms with van der Waals surface area (Å²) in [5.41, 5.74) is 4.77. The number of ether oxygens (including phenoxy) is 1. The van der Waals surface area contributed by atoms with Crippen LogP contribution >= 0.6 is 11.6 Å². The number of para-hydroxylation sites is 1. The molecule has 0 radical (unpaired) electrons. The van der Waals surface area contributed by atoms with E-state index in [1.807, 2.05) is 29.3 Å². The number of fused-ring (bicyclic) bond motifs is 3. The number of nitro groups is 1. The average Bonchev–Trinajstić information content (AvgIpc) is 3.19. The molecule has 3 aromatic carbocycles. The molecule has 0 aliphatic carbocycles. The highest BCUT2D eigenvalue weighted by molar-refractivity contribution is 6.32. The first kappa shape index (κ1) is 18.6. The molecule has 0 spiro atoms. The Morgan fingerprint density at radius 3 is 2.67 bits per heavy atom. The average molecular weight is 420 g/mol. The van der Waals surface area contributed by atoms with Crippen LogP contribution < -0.4 is 4.74 Å². The lowest BCUT2D eigenvalue weighted by Crippen LogP contribution is -2.33. The molecule has 0 fully saturated rings. The maximum atomic E-state index is 11.4. The molecule has 0 saturated heterocycles. The van der Waals surface area contributed by atoms with Crippen LogP contribution in [0, 0.1) is 17.0 Å². The highest BCUT2D eigenvalue weighted by Crippen LogP contribution is 2.48. The normalized spacial score (nSPS) is 19.5. The molecule has 2 atom stereocenters. The van der Waals surface area contributed by atoms with Gasteiger partial charge in [-0.05, 0) is 24.6 Å². The summed E-state index contributed by atoms with van der Waals surface area (Å²) in [6.45, 7) is 2.05. The predicted molar refractivity (Wildman–Crippen MR) is 115 cm³/mol. The van der Waals surface area contributed by atoms with Crippen molar-refractivity contribution in [1.29, 1.82) is 0 Å². The Labute approximate surface area is 178 Å². The summed E-state index contributed by atoms with van der Waals surface area (Å²) >= 11 is 6.01. The van der Waals surface area contributed by atoms with Gasteiger partial charge in [0.05, 0.1) is 16.7 Å². The van der Waals surface area contributed by atoms with Crippen molar-refractivity contribution in [3.05, 3.63) is 104 Å². The fourth-order valence-electron chi connectivity index (χ4n) is 4.00. The lowest BCUT2D eigenvalue weighted by molar-refractivity contribution is -0.384. The minimum absolute atomic E-state index is 0.00835. The largest absolute Gasteiger partial charge is 0.464 e. The number of halogens is 1. The standard InChI is InChI=1S/C23H18ClN3O3/c1-14-6-8-15(9-7-14)19-13-20-17-4-2-3-5-22(17)30-23(26(20)25-19)16-10-11-18(24)21(12-16)27(28)29/h2-12,20,23H,13H2,1H3/t20-,23-/m1/s1. The smallest absolute Gasteiger partial charge is 0.288 e. The van der Waals surface area contributed by atoms with E-state index in [1.165, 1.54) is 17.7 Å². The maximum absolute atomic E-state index is 11.4. The molecule has 2 aliphatic heterocycles. The molecule has 0 aromatic heterocycles. The van der Waals surface area contributed by atoms with Crippen LogP contribution in [-0.4, -0.2) is 15.6 Å². The van der Waals surface area contributed by atoms with E-state index in [1.54, 1.807) is 6.07 Å². The van der Waals surface area contributed by atoms with Crippen molar-refractivity contribution < 1.29 is 9.66 Å². The van der Waals surface area contributed by atoms with Crippen LogP contribution in [0.2, 0.25) is 5.02 Å². The summed E-state index contributed by atoms with van der Waals surface area (Å²) in [5, 5.41) is 18.3. The summed E-state index contributed by atoms with van der Waals surface area (Å²) in [7, 11) is 0. The third kappa shape index (κ3) is 3.09. The lowest BCUT2D eigenvalue weighted by Gasteiger charge is -2.38. The van der Waals surface area contributed by atoms with Crippen LogP contribution in [-0.2, 0) is 0 Å². The summed E-state index contributed by atoms with van der Waals surface area (Å²) in [6, 6.07) is 20.9. The number of hydrogen-bond donors (Lipinski definition) is 0. The first-order chi connectivity index (χ1) is 14.5. The van der Waals surface area contributed by atoms with Crippen LogP contribution in [0.15, 0.2) is 71.8 Å². The van der Waals surface area contributed by atoms with Crippen LogP contribution in [0.25, 0.3) is 0 Å². The molecule has 2 heterocycles. The first-order valence-electron chi connectivity index (χ1n) is 9.63. The number of aryl methyl sites for hydroxylation is 1.